The van der Waals surface area contributed by atoms with Crippen LogP contribution >= 0.6 is 0 Å². The smallest absolute Gasteiger partial charge is 0.125 e. The summed E-state index contributed by atoms with van der Waals surface area (Å²) in [6.45, 7) is 14.9. The highest BCUT2D eigenvalue weighted by atomic mass is 16.5. The third-order valence-corrected chi connectivity index (χ3v) is 5.98. The van der Waals surface area contributed by atoms with E-state index in [0.717, 1.165) is 37.6 Å². The molecule has 2 nitrogen and oxygen atoms in total. The predicted octanol–water partition coefficient (Wildman–Crippen LogP) is 8.40. The average molecular weight is 391 g/mol. The summed E-state index contributed by atoms with van der Waals surface area (Å²) < 4.78 is 12.4. The van der Waals surface area contributed by atoms with Gasteiger partial charge in [-0.1, -0.05) is 78.1 Å². The molecule has 0 bridgehead atoms. The topological polar surface area (TPSA) is 18.5 Å². The molecule has 0 aromatic heterocycles. The van der Waals surface area contributed by atoms with Crippen LogP contribution in [0.5, 0.6) is 11.5 Å². The lowest BCUT2D eigenvalue weighted by molar-refractivity contribution is 0.290. The summed E-state index contributed by atoms with van der Waals surface area (Å²) in [6, 6.07) is 0. The Morgan fingerprint density at radius 3 is 1.04 bits per heavy atom. The molecule has 0 unspecified atom stereocenters. The zero-order chi connectivity index (χ0) is 20.8. The number of benzene rings is 1. The van der Waals surface area contributed by atoms with E-state index in [4.69, 9.17) is 9.47 Å². The van der Waals surface area contributed by atoms with Gasteiger partial charge in [0.1, 0.15) is 11.5 Å². The van der Waals surface area contributed by atoms with E-state index in [9.17, 15) is 0 Å². The molecule has 0 spiro atoms. The van der Waals surface area contributed by atoms with Crippen LogP contribution in [0.25, 0.3) is 0 Å². The van der Waals surface area contributed by atoms with Gasteiger partial charge in [-0.05, 0) is 62.8 Å². The van der Waals surface area contributed by atoms with Crippen molar-refractivity contribution in [1.29, 1.82) is 0 Å². The lowest BCUT2D eigenvalue weighted by Gasteiger charge is -2.21. The van der Waals surface area contributed by atoms with Crippen molar-refractivity contribution in [2.45, 2.75) is 119 Å². The normalized spacial score (nSPS) is 11.1. The predicted molar refractivity (Wildman–Crippen MR) is 123 cm³/mol. The van der Waals surface area contributed by atoms with Gasteiger partial charge in [-0.3, -0.25) is 0 Å². The molecule has 0 radical (unpaired) electrons. The van der Waals surface area contributed by atoms with Gasteiger partial charge in [-0.25, -0.2) is 0 Å². The molecule has 0 N–H and O–H groups in total. The first kappa shape index (κ1) is 24.9. The molecular formula is C26H46O2. The van der Waals surface area contributed by atoms with Gasteiger partial charge < -0.3 is 9.47 Å². The molecule has 1 aromatic rings. The summed E-state index contributed by atoms with van der Waals surface area (Å²) in [6.07, 6.45) is 15.6. The molecule has 0 aliphatic carbocycles. The molecule has 28 heavy (non-hydrogen) atoms. The lowest BCUT2D eigenvalue weighted by atomic mass is 9.98. The second-order valence-electron chi connectivity index (χ2n) is 8.39. The van der Waals surface area contributed by atoms with Gasteiger partial charge >= 0.3 is 0 Å². The minimum Gasteiger partial charge on any atom is -0.493 e. The van der Waals surface area contributed by atoms with Gasteiger partial charge in [-0.2, -0.15) is 0 Å². The average Bonchev–Trinajstić information content (AvgIpc) is 2.69. The van der Waals surface area contributed by atoms with Crippen molar-refractivity contribution >= 4 is 0 Å². The van der Waals surface area contributed by atoms with Crippen LogP contribution < -0.4 is 9.47 Å². The van der Waals surface area contributed by atoms with Crippen molar-refractivity contribution in [2.24, 2.45) is 0 Å². The second-order valence-corrected chi connectivity index (χ2v) is 8.39. The van der Waals surface area contributed by atoms with E-state index in [-0.39, 0.29) is 0 Å². The van der Waals surface area contributed by atoms with Crippen LogP contribution in [0.2, 0.25) is 0 Å². The summed E-state index contributed by atoms with van der Waals surface area (Å²) >= 11 is 0. The van der Waals surface area contributed by atoms with Gasteiger partial charge in [0.25, 0.3) is 0 Å². The summed E-state index contributed by atoms with van der Waals surface area (Å²) in [5, 5.41) is 0. The number of unbranched alkanes of at least 4 members (excludes halogenated alkanes) is 10. The van der Waals surface area contributed by atoms with Crippen LogP contribution in [-0.4, -0.2) is 13.2 Å². The first-order chi connectivity index (χ1) is 13.5. The Kier molecular flexibility index (Phi) is 13.1. The fraction of sp³-hybridized carbons (Fsp3) is 0.769. The van der Waals surface area contributed by atoms with Crippen molar-refractivity contribution in [1.82, 2.24) is 0 Å². The maximum atomic E-state index is 6.22. The summed E-state index contributed by atoms with van der Waals surface area (Å²) in [7, 11) is 0. The Morgan fingerprint density at radius 2 is 0.714 bits per heavy atom. The third kappa shape index (κ3) is 8.45. The van der Waals surface area contributed by atoms with E-state index in [1.165, 1.54) is 86.5 Å². The summed E-state index contributed by atoms with van der Waals surface area (Å²) in [5.74, 6) is 2.16. The van der Waals surface area contributed by atoms with Gasteiger partial charge in [0.15, 0.2) is 0 Å². The van der Waals surface area contributed by atoms with Crippen molar-refractivity contribution < 1.29 is 9.47 Å². The van der Waals surface area contributed by atoms with Crippen LogP contribution in [-0.2, 0) is 0 Å². The standard InChI is InChI=1S/C26H46O2/c1-7-9-11-13-15-17-19-27-25-21(3)23(5)26(24(6)22(25)4)28-20-18-16-14-12-10-8-2/h7-20H2,1-6H3. The molecule has 0 saturated heterocycles. The van der Waals surface area contributed by atoms with Crippen molar-refractivity contribution in [2.75, 3.05) is 13.2 Å². The molecule has 1 rings (SSSR count). The summed E-state index contributed by atoms with van der Waals surface area (Å²) in [5.41, 5.74) is 4.97. The number of ether oxygens (including phenoxy) is 2. The zero-order valence-corrected chi connectivity index (χ0v) is 19.7. The number of hydrogen-bond donors (Lipinski definition) is 0. The van der Waals surface area contributed by atoms with Crippen molar-refractivity contribution in [3.8, 4) is 11.5 Å². The Balaban J connectivity index is 2.52. The highest BCUT2D eigenvalue weighted by molar-refractivity contribution is 5.57. The molecule has 0 heterocycles. The maximum Gasteiger partial charge on any atom is 0.125 e. The Bertz CT molecular complexity index is 470. The molecule has 1 aromatic carbocycles. The fourth-order valence-electron chi connectivity index (χ4n) is 3.79. The van der Waals surface area contributed by atoms with Crippen LogP contribution in [0.4, 0.5) is 0 Å². The number of rotatable bonds is 16. The SMILES string of the molecule is CCCCCCCCOc1c(C)c(C)c(OCCCCCCCC)c(C)c1C. The van der Waals surface area contributed by atoms with Crippen LogP contribution in [0.15, 0.2) is 0 Å². The van der Waals surface area contributed by atoms with E-state index in [2.05, 4.69) is 41.5 Å². The third-order valence-electron chi connectivity index (χ3n) is 5.98. The fourth-order valence-corrected chi connectivity index (χ4v) is 3.79. The lowest BCUT2D eigenvalue weighted by Crippen LogP contribution is -2.07. The largest absolute Gasteiger partial charge is 0.493 e. The molecule has 2 heteroatoms. The molecule has 0 atom stereocenters. The van der Waals surface area contributed by atoms with Gasteiger partial charge in [0, 0.05) is 0 Å². The first-order valence-electron chi connectivity index (χ1n) is 11.9. The molecule has 0 amide bonds. The van der Waals surface area contributed by atoms with E-state index >= 15 is 0 Å². The van der Waals surface area contributed by atoms with E-state index in [1.54, 1.807) is 0 Å². The van der Waals surface area contributed by atoms with E-state index in [0.29, 0.717) is 0 Å². The highest BCUT2D eigenvalue weighted by Gasteiger charge is 2.17. The van der Waals surface area contributed by atoms with Gasteiger partial charge in [-0.15, -0.1) is 0 Å². The van der Waals surface area contributed by atoms with Crippen LogP contribution in [0.1, 0.15) is 113 Å². The zero-order valence-electron chi connectivity index (χ0n) is 19.7. The van der Waals surface area contributed by atoms with E-state index in [1.807, 2.05) is 0 Å². The van der Waals surface area contributed by atoms with E-state index < -0.39 is 0 Å². The quantitative estimate of drug-likeness (QED) is 0.264. The van der Waals surface area contributed by atoms with Crippen molar-refractivity contribution in [3.05, 3.63) is 22.3 Å². The molecular weight excluding hydrogens is 344 g/mol. The van der Waals surface area contributed by atoms with Gasteiger partial charge in [0.2, 0.25) is 0 Å². The molecule has 0 aliphatic rings. The molecule has 0 fully saturated rings. The van der Waals surface area contributed by atoms with Crippen molar-refractivity contribution in [3.63, 3.8) is 0 Å². The Labute approximate surface area is 175 Å². The molecule has 0 saturated carbocycles. The van der Waals surface area contributed by atoms with Gasteiger partial charge in [0.05, 0.1) is 13.2 Å². The maximum absolute atomic E-state index is 6.22. The highest BCUT2D eigenvalue weighted by Crippen LogP contribution is 2.37. The molecule has 162 valence electrons. The Hall–Kier alpha value is -1.18. The summed E-state index contributed by atoms with van der Waals surface area (Å²) in [4.78, 5) is 0. The Morgan fingerprint density at radius 1 is 0.429 bits per heavy atom. The molecule has 0 aliphatic heterocycles. The monoisotopic (exact) mass is 390 g/mol. The minimum absolute atomic E-state index is 0.824. The second kappa shape index (κ2) is 14.8. The van der Waals surface area contributed by atoms with Crippen LogP contribution in [0, 0.1) is 27.7 Å². The first-order valence-corrected chi connectivity index (χ1v) is 11.9. The number of hydrogen-bond acceptors (Lipinski definition) is 2. The minimum atomic E-state index is 0.824. The van der Waals surface area contributed by atoms with Crippen LogP contribution in [0.3, 0.4) is 0 Å².